The van der Waals surface area contributed by atoms with Crippen molar-refractivity contribution < 1.29 is 9.63 Å². The van der Waals surface area contributed by atoms with Crippen molar-refractivity contribution in [1.82, 2.24) is 9.63 Å². The number of aliphatic imine (C=N–C) groups is 1. The molecule has 2 aliphatic heterocycles. The summed E-state index contributed by atoms with van der Waals surface area (Å²) in [6.07, 6.45) is 3.37. The maximum Gasteiger partial charge on any atom is 0.282 e. The lowest BCUT2D eigenvalue weighted by atomic mass is 10.1. The summed E-state index contributed by atoms with van der Waals surface area (Å²) in [5.41, 5.74) is 6.64. The first-order valence-electron chi connectivity index (χ1n) is 9.12. The molecule has 0 fully saturated rings. The van der Waals surface area contributed by atoms with Crippen LogP contribution in [0.5, 0.6) is 0 Å². The Morgan fingerprint density at radius 2 is 1.71 bits per heavy atom. The molecule has 1 N–H and O–H groups in total. The number of carbonyl (C=O) groups excluding carboxylic acids is 1. The summed E-state index contributed by atoms with van der Waals surface area (Å²) in [6, 6.07) is 8.44. The van der Waals surface area contributed by atoms with E-state index in [1.807, 2.05) is 19.9 Å². The third-order valence-electron chi connectivity index (χ3n) is 4.92. The molecule has 0 saturated heterocycles. The molecule has 4 rings (SSSR count). The molecule has 28 heavy (non-hydrogen) atoms. The molecule has 0 bridgehead atoms. The van der Waals surface area contributed by atoms with Crippen molar-refractivity contribution in [3.8, 4) is 5.69 Å². The van der Waals surface area contributed by atoms with Crippen LogP contribution in [-0.4, -0.2) is 27.2 Å². The highest BCUT2D eigenvalue weighted by Crippen LogP contribution is 2.27. The average molecular weight is 374 g/mol. The molecule has 3 heterocycles. The fourth-order valence-corrected chi connectivity index (χ4v) is 3.77. The Balaban J connectivity index is 1.78. The van der Waals surface area contributed by atoms with E-state index in [0.29, 0.717) is 11.6 Å². The number of allylic oxidation sites excluding steroid dienone is 1. The number of aryl methyl sites for hydroxylation is 3. The zero-order chi connectivity index (χ0) is 20.2. The molecule has 0 spiro atoms. The van der Waals surface area contributed by atoms with Crippen LogP contribution >= 0.6 is 0 Å². The van der Waals surface area contributed by atoms with E-state index in [0.717, 1.165) is 22.6 Å². The normalized spacial score (nSPS) is 17.6. The molecule has 0 saturated carbocycles. The number of rotatable bonds is 2. The number of amidine groups is 2. The molecule has 2 aromatic rings. The van der Waals surface area contributed by atoms with Crippen LogP contribution < -0.4 is 0 Å². The maximum absolute atomic E-state index is 12.5. The molecule has 0 radical (unpaired) electrons. The molecule has 142 valence electrons. The average Bonchev–Trinajstić information content (AvgIpc) is 3.09. The summed E-state index contributed by atoms with van der Waals surface area (Å²) in [5.74, 6) is 0.525. The maximum atomic E-state index is 12.5. The fourth-order valence-electron chi connectivity index (χ4n) is 3.77. The van der Waals surface area contributed by atoms with Crippen LogP contribution in [0.1, 0.15) is 35.0 Å². The number of carbonyl (C=O) groups is 1. The van der Waals surface area contributed by atoms with Gasteiger partial charge in [0.15, 0.2) is 11.7 Å². The predicted molar refractivity (Wildman–Crippen MR) is 110 cm³/mol. The Hall–Kier alpha value is -3.41. The molecule has 6 heteroatoms. The fraction of sp³-hybridized carbons (Fsp3) is 0.227. The van der Waals surface area contributed by atoms with Gasteiger partial charge in [0.2, 0.25) is 0 Å². The summed E-state index contributed by atoms with van der Waals surface area (Å²) in [5, 5.41) is 9.67. The van der Waals surface area contributed by atoms with Crippen LogP contribution in [0, 0.1) is 33.1 Å². The van der Waals surface area contributed by atoms with Gasteiger partial charge in [0.25, 0.3) is 5.91 Å². The highest BCUT2D eigenvalue weighted by Gasteiger charge is 2.34. The number of aromatic nitrogens is 1. The number of hydroxylamine groups is 2. The van der Waals surface area contributed by atoms with Crippen molar-refractivity contribution in [1.29, 1.82) is 5.41 Å². The Kier molecular flexibility index (Phi) is 4.07. The minimum atomic E-state index is -0.429. The van der Waals surface area contributed by atoms with Crippen molar-refractivity contribution in [3.05, 3.63) is 69.8 Å². The smallest absolute Gasteiger partial charge is 0.282 e. The highest BCUT2D eigenvalue weighted by molar-refractivity contribution is 6.32. The zero-order valence-corrected chi connectivity index (χ0v) is 16.6. The van der Waals surface area contributed by atoms with Crippen molar-refractivity contribution in [2.24, 2.45) is 4.99 Å². The molecular formula is C22H22N4O2. The number of benzene rings is 1. The minimum Gasteiger partial charge on any atom is -0.376 e. The molecule has 1 amide bonds. The van der Waals surface area contributed by atoms with E-state index in [1.54, 1.807) is 19.1 Å². The van der Waals surface area contributed by atoms with Crippen LogP contribution in [0.15, 0.2) is 46.7 Å². The Morgan fingerprint density at radius 1 is 1.04 bits per heavy atom. The second kappa shape index (κ2) is 6.34. The molecule has 1 aromatic carbocycles. The van der Waals surface area contributed by atoms with Gasteiger partial charge in [0.1, 0.15) is 5.76 Å². The van der Waals surface area contributed by atoms with Gasteiger partial charge in [-0.15, -0.1) is 5.06 Å². The van der Waals surface area contributed by atoms with Crippen LogP contribution in [0.3, 0.4) is 0 Å². The van der Waals surface area contributed by atoms with Crippen molar-refractivity contribution >= 4 is 23.7 Å². The minimum absolute atomic E-state index is 0.000645. The predicted octanol–water partition coefficient (Wildman–Crippen LogP) is 4.16. The third-order valence-corrected chi connectivity index (χ3v) is 4.92. The lowest BCUT2D eigenvalue weighted by Crippen LogP contribution is -2.38. The number of amides is 1. The second-order valence-corrected chi connectivity index (χ2v) is 7.33. The quantitative estimate of drug-likeness (QED) is 0.803. The summed E-state index contributed by atoms with van der Waals surface area (Å²) in [4.78, 5) is 22.0. The van der Waals surface area contributed by atoms with Gasteiger partial charge in [-0.1, -0.05) is 6.07 Å². The van der Waals surface area contributed by atoms with Crippen LogP contribution in [-0.2, 0) is 9.63 Å². The van der Waals surface area contributed by atoms with E-state index in [1.165, 1.54) is 16.2 Å². The summed E-state index contributed by atoms with van der Waals surface area (Å²) in [6.45, 7) is 9.97. The van der Waals surface area contributed by atoms with Gasteiger partial charge in [0, 0.05) is 23.2 Å². The van der Waals surface area contributed by atoms with Gasteiger partial charge < -0.3 is 9.40 Å². The topological polar surface area (TPSA) is 70.7 Å². The van der Waals surface area contributed by atoms with Crippen LogP contribution in [0.2, 0.25) is 0 Å². The standard InChI is InChI=1S/C22H22N4O2/c1-12-6-13(2)8-18(7-12)25-14(3)9-17(16(25)5)11-19-21(23)26-20(24-22(19)27)10-15(4)28-26/h6-11,23H,1-5H3/b19-11-,23-21?. The molecule has 0 aliphatic carbocycles. The lowest BCUT2D eigenvalue weighted by Gasteiger charge is -2.22. The number of fused-ring (bicyclic) bond motifs is 1. The number of nitrogens with zero attached hydrogens (tertiary/aromatic N) is 3. The largest absolute Gasteiger partial charge is 0.376 e. The molecule has 0 atom stereocenters. The number of hydrogen-bond donors (Lipinski definition) is 1. The second-order valence-electron chi connectivity index (χ2n) is 7.33. The first-order valence-corrected chi connectivity index (χ1v) is 9.12. The monoisotopic (exact) mass is 374 g/mol. The van der Waals surface area contributed by atoms with E-state index < -0.39 is 5.91 Å². The van der Waals surface area contributed by atoms with Gasteiger partial charge >= 0.3 is 0 Å². The van der Waals surface area contributed by atoms with E-state index in [2.05, 4.69) is 41.6 Å². The Bertz CT molecular complexity index is 1110. The first kappa shape index (κ1) is 18.0. The Morgan fingerprint density at radius 3 is 2.39 bits per heavy atom. The van der Waals surface area contributed by atoms with E-state index in [-0.39, 0.29) is 11.4 Å². The van der Waals surface area contributed by atoms with E-state index in [4.69, 9.17) is 10.2 Å². The molecule has 6 nitrogen and oxygen atoms in total. The van der Waals surface area contributed by atoms with Gasteiger partial charge in [-0.25, -0.2) is 0 Å². The molecule has 1 aromatic heterocycles. The summed E-state index contributed by atoms with van der Waals surface area (Å²) < 4.78 is 2.16. The van der Waals surface area contributed by atoms with E-state index >= 15 is 0 Å². The number of hydrogen-bond acceptors (Lipinski definition) is 3. The van der Waals surface area contributed by atoms with Gasteiger partial charge in [-0.2, -0.15) is 4.99 Å². The van der Waals surface area contributed by atoms with Crippen LogP contribution in [0.4, 0.5) is 0 Å². The summed E-state index contributed by atoms with van der Waals surface area (Å²) >= 11 is 0. The number of nitrogens with one attached hydrogen (secondary N) is 1. The molecular weight excluding hydrogens is 352 g/mol. The third kappa shape index (κ3) is 2.87. The molecule has 2 aliphatic rings. The van der Waals surface area contributed by atoms with Gasteiger partial charge in [-0.3, -0.25) is 10.2 Å². The van der Waals surface area contributed by atoms with Crippen molar-refractivity contribution in [2.75, 3.05) is 0 Å². The van der Waals surface area contributed by atoms with Crippen molar-refractivity contribution in [2.45, 2.75) is 34.6 Å². The SMILES string of the molecule is CC1=CC2=NC(=O)/C(=C\c3cc(C)n(-c4cc(C)cc(C)c4)c3C)C(=N)N2O1. The van der Waals surface area contributed by atoms with Gasteiger partial charge in [0.05, 0.1) is 5.57 Å². The first-order chi connectivity index (χ1) is 13.2. The summed E-state index contributed by atoms with van der Waals surface area (Å²) in [7, 11) is 0. The van der Waals surface area contributed by atoms with Gasteiger partial charge in [-0.05, 0) is 75.6 Å². The molecule has 0 unspecified atom stereocenters. The highest BCUT2D eigenvalue weighted by atomic mass is 16.7. The van der Waals surface area contributed by atoms with Crippen molar-refractivity contribution in [3.63, 3.8) is 0 Å². The Labute approximate surface area is 163 Å². The zero-order valence-electron chi connectivity index (χ0n) is 16.6. The lowest BCUT2D eigenvalue weighted by molar-refractivity contribution is -0.114. The van der Waals surface area contributed by atoms with Crippen LogP contribution in [0.25, 0.3) is 11.8 Å². The van der Waals surface area contributed by atoms with E-state index in [9.17, 15) is 4.79 Å².